The van der Waals surface area contributed by atoms with Gasteiger partial charge >= 0.3 is 0 Å². The molecule has 2 aromatic carbocycles. The maximum Gasteiger partial charge on any atom is 0.296 e. The van der Waals surface area contributed by atoms with Crippen molar-refractivity contribution in [1.82, 2.24) is 9.78 Å². The Morgan fingerprint density at radius 1 is 1.21 bits per heavy atom. The second-order valence-electron chi connectivity index (χ2n) is 7.23. The number of carbonyl (C=O) groups excluding carboxylic acids is 1. The Balaban J connectivity index is 1.67. The van der Waals surface area contributed by atoms with Crippen LogP contribution in [0, 0.1) is 35.3 Å². The zero-order chi connectivity index (χ0) is 23.5. The number of ether oxygens (including phenoxy) is 2. The van der Waals surface area contributed by atoms with Crippen molar-refractivity contribution in [3.63, 3.8) is 0 Å². The van der Waals surface area contributed by atoms with Crippen LogP contribution in [0.4, 0.5) is 11.4 Å². The van der Waals surface area contributed by atoms with Gasteiger partial charge in [0.25, 0.3) is 11.6 Å². The van der Waals surface area contributed by atoms with Crippen LogP contribution in [0.25, 0.3) is 11.8 Å². The minimum atomic E-state index is -0.788. The van der Waals surface area contributed by atoms with Gasteiger partial charge < -0.3 is 14.8 Å². The van der Waals surface area contributed by atoms with Crippen molar-refractivity contribution in [3.05, 3.63) is 75.1 Å². The van der Waals surface area contributed by atoms with Gasteiger partial charge in [-0.1, -0.05) is 18.2 Å². The van der Waals surface area contributed by atoms with E-state index in [0.717, 1.165) is 11.4 Å². The van der Waals surface area contributed by atoms with Gasteiger partial charge in [0.1, 0.15) is 30.5 Å². The quantitative estimate of drug-likeness (QED) is 0.274. The van der Waals surface area contributed by atoms with E-state index in [1.807, 2.05) is 43.3 Å². The summed E-state index contributed by atoms with van der Waals surface area (Å²) in [4.78, 5) is 23.7. The van der Waals surface area contributed by atoms with Gasteiger partial charge in [0.2, 0.25) is 0 Å². The number of nitriles is 1. The van der Waals surface area contributed by atoms with Gasteiger partial charge in [0, 0.05) is 17.3 Å². The van der Waals surface area contributed by atoms with Crippen LogP contribution in [-0.2, 0) is 4.79 Å². The summed E-state index contributed by atoms with van der Waals surface area (Å²) in [6, 6.07) is 13.8. The standard InChI is InChI=1S/C23H19N5O5/c1-14-18(15(2)27(26-14)17-6-4-3-5-7-17)10-16(13-24)23(29)25-19-11-21-22(33-9-8-32-21)12-20(19)28(30)31/h3-7,10-12H,8-9H2,1-2H3,(H,25,29)/b16-10+. The molecular weight excluding hydrogens is 426 g/mol. The number of carbonyl (C=O) groups is 1. The number of aromatic nitrogens is 2. The minimum Gasteiger partial charge on any atom is -0.486 e. The number of benzene rings is 2. The Labute approximate surface area is 188 Å². The number of fused-ring (bicyclic) bond motifs is 1. The van der Waals surface area contributed by atoms with Crippen LogP contribution in [0.3, 0.4) is 0 Å². The third kappa shape index (κ3) is 4.24. The van der Waals surface area contributed by atoms with E-state index < -0.39 is 10.8 Å². The molecule has 0 saturated carbocycles. The highest BCUT2D eigenvalue weighted by Crippen LogP contribution is 2.39. The van der Waals surface area contributed by atoms with Crippen LogP contribution in [0.1, 0.15) is 17.0 Å². The molecule has 1 aromatic heterocycles. The smallest absolute Gasteiger partial charge is 0.296 e. The van der Waals surface area contributed by atoms with Crippen LogP contribution in [0.5, 0.6) is 11.5 Å². The molecule has 0 spiro atoms. The number of nitro groups is 1. The first kappa shape index (κ1) is 21.6. The van der Waals surface area contributed by atoms with Crippen molar-refractivity contribution < 1.29 is 19.2 Å². The Kier molecular flexibility index (Phi) is 5.78. The highest BCUT2D eigenvalue weighted by atomic mass is 16.6. The molecule has 0 radical (unpaired) electrons. The molecule has 0 atom stereocenters. The van der Waals surface area contributed by atoms with E-state index >= 15 is 0 Å². The topological polar surface area (TPSA) is 132 Å². The van der Waals surface area contributed by atoms with E-state index in [0.29, 0.717) is 11.3 Å². The molecule has 10 nitrogen and oxygen atoms in total. The molecule has 0 aliphatic carbocycles. The van der Waals surface area contributed by atoms with E-state index in [-0.39, 0.29) is 41.7 Å². The largest absolute Gasteiger partial charge is 0.486 e. The lowest BCUT2D eigenvalue weighted by Crippen LogP contribution is -2.18. The molecule has 10 heteroatoms. The van der Waals surface area contributed by atoms with E-state index in [4.69, 9.17) is 9.47 Å². The molecule has 2 heterocycles. The lowest BCUT2D eigenvalue weighted by atomic mass is 10.1. The summed E-state index contributed by atoms with van der Waals surface area (Å²) in [6.07, 6.45) is 1.43. The predicted octanol–water partition coefficient (Wildman–Crippen LogP) is 3.71. The molecule has 0 bridgehead atoms. The summed E-state index contributed by atoms with van der Waals surface area (Å²) < 4.78 is 12.5. The number of nitrogens with one attached hydrogen (secondary N) is 1. The Morgan fingerprint density at radius 2 is 1.88 bits per heavy atom. The molecule has 1 N–H and O–H groups in total. The Morgan fingerprint density at radius 3 is 2.52 bits per heavy atom. The van der Waals surface area contributed by atoms with Gasteiger partial charge in [-0.15, -0.1) is 0 Å². The molecule has 166 valence electrons. The Bertz CT molecular complexity index is 1320. The lowest BCUT2D eigenvalue weighted by molar-refractivity contribution is -0.384. The number of hydrogen-bond donors (Lipinski definition) is 1. The second-order valence-corrected chi connectivity index (χ2v) is 7.23. The van der Waals surface area contributed by atoms with Crippen LogP contribution in [0.15, 0.2) is 48.0 Å². The molecule has 0 saturated heterocycles. The van der Waals surface area contributed by atoms with E-state index in [1.165, 1.54) is 18.2 Å². The first-order valence-electron chi connectivity index (χ1n) is 10.0. The van der Waals surface area contributed by atoms with E-state index in [2.05, 4.69) is 10.4 Å². The zero-order valence-electron chi connectivity index (χ0n) is 17.9. The van der Waals surface area contributed by atoms with Gasteiger partial charge in [0.15, 0.2) is 11.5 Å². The fraction of sp³-hybridized carbons (Fsp3) is 0.174. The molecule has 0 unspecified atom stereocenters. The number of hydrogen-bond acceptors (Lipinski definition) is 7. The number of para-hydroxylation sites is 1. The van der Waals surface area contributed by atoms with Crippen LogP contribution in [0.2, 0.25) is 0 Å². The molecule has 33 heavy (non-hydrogen) atoms. The number of anilines is 1. The van der Waals surface area contributed by atoms with Gasteiger partial charge in [-0.25, -0.2) is 4.68 Å². The minimum absolute atomic E-state index is 0.0937. The average Bonchev–Trinajstić information content (AvgIpc) is 3.10. The van der Waals surface area contributed by atoms with Crippen LogP contribution < -0.4 is 14.8 Å². The normalized spacial score (nSPS) is 12.7. The summed E-state index contributed by atoms with van der Waals surface area (Å²) in [7, 11) is 0. The molecule has 1 aliphatic heterocycles. The molecule has 3 aromatic rings. The highest BCUT2D eigenvalue weighted by molar-refractivity contribution is 6.10. The van der Waals surface area contributed by atoms with E-state index in [9.17, 15) is 20.2 Å². The number of amides is 1. The van der Waals surface area contributed by atoms with Crippen molar-refractivity contribution in [3.8, 4) is 23.3 Å². The van der Waals surface area contributed by atoms with Crippen molar-refractivity contribution >= 4 is 23.4 Å². The van der Waals surface area contributed by atoms with E-state index in [1.54, 1.807) is 11.6 Å². The fourth-order valence-corrected chi connectivity index (χ4v) is 3.50. The van der Waals surface area contributed by atoms with Crippen molar-refractivity contribution in [2.24, 2.45) is 0 Å². The highest BCUT2D eigenvalue weighted by Gasteiger charge is 2.25. The SMILES string of the molecule is Cc1nn(-c2ccccc2)c(C)c1/C=C(\C#N)C(=O)Nc1cc2c(cc1[N+](=O)[O-])OCCO2. The summed E-state index contributed by atoms with van der Waals surface area (Å²) in [5.41, 5.74) is 2.14. The summed E-state index contributed by atoms with van der Waals surface area (Å²) in [5, 5.41) is 28.1. The van der Waals surface area contributed by atoms with Crippen LogP contribution in [-0.4, -0.2) is 33.8 Å². The fourth-order valence-electron chi connectivity index (χ4n) is 3.50. The van der Waals surface area contributed by atoms with Gasteiger partial charge in [-0.2, -0.15) is 10.4 Å². The van der Waals surface area contributed by atoms with Gasteiger partial charge in [-0.05, 0) is 32.1 Å². The van der Waals surface area contributed by atoms with Gasteiger partial charge in [0.05, 0.1) is 22.4 Å². The van der Waals surface area contributed by atoms with Crippen molar-refractivity contribution in [2.45, 2.75) is 13.8 Å². The summed E-state index contributed by atoms with van der Waals surface area (Å²) >= 11 is 0. The predicted molar refractivity (Wildman–Crippen MR) is 119 cm³/mol. The lowest BCUT2D eigenvalue weighted by Gasteiger charge is -2.19. The number of nitro benzene ring substituents is 1. The average molecular weight is 445 g/mol. The number of aryl methyl sites for hydroxylation is 1. The molecule has 0 fully saturated rings. The number of nitrogens with zero attached hydrogens (tertiary/aromatic N) is 4. The van der Waals surface area contributed by atoms with Gasteiger partial charge in [-0.3, -0.25) is 14.9 Å². The summed E-state index contributed by atoms with van der Waals surface area (Å²) in [5.74, 6) is -0.287. The zero-order valence-corrected chi connectivity index (χ0v) is 17.9. The molecular formula is C23H19N5O5. The number of rotatable bonds is 5. The molecule has 1 aliphatic rings. The monoisotopic (exact) mass is 445 g/mol. The maximum absolute atomic E-state index is 12.9. The first-order chi connectivity index (χ1) is 15.9. The van der Waals surface area contributed by atoms with Crippen LogP contribution >= 0.6 is 0 Å². The maximum atomic E-state index is 12.9. The second kappa shape index (κ2) is 8.84. The Hall–Kier alpha value is -4.65. The third-order valence-electron chi connectivity index (χ3n) is 5.11. The molecule has 4 rings (SSSR count). The third-order valence-corrected chi connectivity index (χ3v) is 5.11. The van der Waals surface area contributed by atoms with Crippen molar-refractivity contribution in [2.75, 3.05) is 18.5 Å². The molecule has 1 amide bonds. The van der Waals surface area contributed by atoms with Crippen molar-refractivity contribution in [1.29, 1.82) is 5.26 Å². The first-order valence-corrected chi connectivity index (χ1v) is 10.0. The summed E-state index contributed by atoms with van der Waals surface area (Å²) in [6.45, 7) is 4.16.